The zero-order valence-electron chi connectivity index (χ0n) is 9.31. The summed E-state index contributed by atoms with van der Waals surface area (Å²) in [6, 6.07) is 5.69. The molecule has 0 aliphatic rings. The van der Waals surface area contributed by atoms with Crippen molar-refractivity contribution in [2.45, 2.75) is 12.4 Å². The number of thiazole rings is 1. The second-order valence-electron chi connectivity index (χ2n) is 3.84. The van der Waals surface area contributed by atoms with Gasteiger partial charge in [-0.1, -0.05) is 17.7 Å². The number of nitrogens with zero attached hydrogens (tertiary/aromatic N) is 3. The second-order valence-corrected chi connectivity index (χ2v) is 5.23. The van der Waals surface area contributed by atoms with Gasteiger partial charge in [-0.05, 0) is 12.1 Å². The van der Waals surface area contributed by atoms with Gasteiger partial charge in [-0.3, -0.25) is 0 Å². The normalized spacial score (nSPS) is 11.2. The monoisotopic (exact) mass is 297 g/mol. The maximum atomic E-state index is 6.25. The van der Waals surface area contributed by atoms with Crippen LogP contribution in [-0.4, -0.2) is 14.5 Å². The molecule has 92 valence electrons. The van der Waals surface area contributed by atoms with E-state index in [9.17, 15) is 0 Å². The van der Waals surface area contributed by atoms with E-state index in [4.69, 9.17) is 23.2 Å². The number of alkyl halides is 1. The van der Waals surface area contributed by atoms with Gasteiger partial charge in [0.15, 0.2) is 0 Å². The number of fused-ring (bicyclic) bond motifs is 1. The van der Waals surface area contributed by atoms with Crippen molar-refractivity contribution in [1.29, 1.82) is 0 Å². The average Bonchev–Trinajstić information content (AvgIpc) is 2.98. The molecule has 18 heavy (non-hydrogen) atoms. The first-order chi connectivity index (χ1) is 8.79. The summed E-state index contributed by atoms with van der Waals surface area (Å²) in [4.78, 5) is 8.78. The summed E-state index contributed by atoms with van der Waals surface area (Å²) in [5.74, 6) is 1.17. The van der Waals surface area contributed by atoms with Crippen molar-refractivity contribution >= 4 is 45.6 Å². The summed E-state index contributed by atoms with van der Waals surface area (Å²) in [6.45, 7) is 0.645. The molecule has 0 spiro atoms. The van der Waals surface area contributed by atoms with E-state index >= 15 is 0 Å². The Morgan fingerprint density at radius 2 is 2.22 bits per heavy atom. The van der Waals surface area contributed by atoms with Gasteiger partial charge >= 0.3 is 0 Å². The Kier molecular flexibility index (Phi) is 3.24. The Morgan fingerprint density at radius 3 is 2.94 bits per heavy atom. The highest BCUT2D eigenvalue weighted by Crippen LogP contribution is 2.26. The molecule has 0 amide bonds. The van der Waals surface area contributed by atoms with Gasteiger partial charge in [0.1, 0.15) is 5.82 Å². The van der Waals surface area contributed by atoms with Crippen LogP contribution in [0.3, 0.4) is 0 Å². The highest BCUT2D eigenvalue weighted by atomic mass is 35.5. The van der Waals surface area contributed by atoms with Crippen LogP contribution in [-0.2, 0) is 12.4 Å². The number of hydrogen-bond acceptors (Lipinski definition) is 3. The topological polar surface area (TPSA) is 30.7 Å². The van der Waals surface area contributed by atoms with Crippen molar-refractivity contribution in [1.82, 2.24) is 14.5 Å². The van der Waals surface area contributed by atoms with Gasteiger partial charge in [0, 0.05) is 5.38 Å². The number of benzene rings is 1. The quantitative estimate of drug-likeness (QED) is 0.686. The molecule has 3 nitrogen and oxygen atoms in total. The van der Waals surface area contributed by atoms with Crippen molar-refractivity contribution < 1.29 is 0 Å². The van der Waals surface area contributed by atoms with Crippen LogP contribution < -0.4 is 0 Å². The molecular formula is C12H9Cl2N3S. The first-order valence-corrected chi connectivity index (χ1v) is 7.22. The van der Waals surface area contributed by atoms with Crippen LogP contribution in [0.25, 0.3) is 11.0 Å². The minimum atomic E-state index is 0.356. The Labute approximate surface area is 118 Å². The maximum absolute atomic E-state index is 6.25. The Balaban J connectivity index is 2.19. The average molecular weight is 298 g/mol. The third-order valence-corrected chi connectivity index (χ3v) is 3.90. The number of halogens is 2. The standard InChI is InChI=1S/C12H9Cl2N3S/c13-4-11-16-10-3-1-2-9(14)12(10)17(11)5-8-6-18-7-15-8/h1-3,6-7H,4-5H2. The lowest BCUT2D eigenvalue weighted by atomic mass is 10.3. The largest absolute Gasteiger partial charge is 0.320 e. The van der Waals surface area contributed by atoms with Crippen LogP contribution in [0, 0.1) is 0 Å². The Hall–Kier alpha value is -1.10. The zero-order chi connectivity index (χ0) is 12.5. The molecule has 0 unspecified atom stereocenters. The number of hydrogen-bond donors (Lipinski definition) is 0. The predicted molar refractivity (Wildman–Crippen MR) is 75.5 cm³/mol. The summed E-state index contributed by atoms with van der Waals surface area (Å²) in [6.07, 6.45) is 0. The molecule has 3 rings (SSSR count). The van der Waals surface area contributed by atoms with Crippen molar-refractivity contribution in [2.75, 3.05) is 0 Å². The van der Waals surface area contributed by atoms with Crippen LogP contribution >= 0.6 is 34.5 Å². The minimum absolute atomic E-state index is 0.356. The predicted octanol–water partition coefficient (Wildman–Crippen LogP) is 3.93. The fourth-order valence-corrected chi connectivity index (χ4v) is 2.96. The SMILES string of the molecule is ClCc1nc2cccc(Cl)c2n1Cc1cscn1. The number of imidazole rings is 1. The molecule has 3 aromatic rings. The Bertz CT molecular complexity index is 676. The van der Waals surface area contributed by atoms with Crippen LogP contribution in [0.4, 0.5) is 0 Å². The lowest BCUT2D eigenvalue weighted by Gasteiger charge is -2.06. The lowest BCUT2D eigenvalue weighted by Crippen LogP contribution is -2.04. The van der Waals surface area contributed by atoms with Crippen LogP contribution in [0.5, 0.6) is 0 Å². The maximum Gasteiger partial charge on any atom is 0.125 e. The molecule has 2 heterocycles. The minimum Gasteiger partial charge on any atom is -0.320 e. The smallest absolute Gasteiger partial charge is 0.125 e. The summed E-state index contributed by atoms with van der Waals surface area (Å²) < 4.78 is 2.03. The fraction of sp³-hybridized carbons (Fsp3) is 0.167. The third-order valence-electron chi connectivity index (χ3n) is 2.72. The van der Waals surface area contributed by atoms with E-state index in [1.807, 2.05) is 33.7 Å². The molecule has 2 aromatic heterocycles. The van der Waals surface area contributed by atoms with E-state index in [1.165, 1.54) is 0 Å². The molecule has 1 aromatic carbocycles. The lowest BCUT2D eigenvalue weighted by molar-refractivity contribution is 0.763. The highest BCUT2D eigenvalue weighted by molar-refractivity contribution is 7.07. The molecule has 0 aliphatic heterocycles. The number of aromatic nitrogens is 3. The van der Waals surface area contributed by atoms with Crippen LogP contribution in [0.1, 0.15) is 11.5 Å². The number of para-hydroxylation sites is 1. The van der Waals surface area contributed by atoms with Gasteiger partial charge in [0.2, 0.25) is 0 Å². The fourth-order valence-electron chi connectivity index (χ4n) is 1.94. The van der Waals surface area contributed by atoms with E-state index in [1.54, 1.807) is 11.3 Å². The molecule has 0 saturated heterocycles. The van der Waals surface area contributed by atoms with E-state index in [0.29, 0.717) is 17.4 Å². The molecule has 0 atom stereocenters. The second kappa shape index (κ2) is 4.88. The van der Waals surface area contributed by atoms with Crippen molar-refractivity contribution in [2.24, 2.45) is 0 Å². The molecule has 0 radical (unpaired) electrons. The van der Waals surface area contributed by atoms with Crippen LogP contribution in [0.2, 0.25) is 5.02 Å². The van der Waals surface area contributed by atoms with E-state index in [-0.39, 0.29) is 0 Å². The molecular weight excluding hydrogens is 289 g/mol. The van der Waals surface area contributed by atoms with Gasteiger partial charge in [-0.25, -0.2) is 9.97 Å². The molecule has 6 heteroatoms. The summed E-state index contributed by atoms with van der Waals surface area (Å²) in [7, 11) is 0. The summed E-state index contributed by atoms with van der Waals surface area (Å²) in [5, 5.41) is 2.70. The van der Waals surface area contributed by atoms with Gasteiger partial charge < -0.3 is 4.57 Å². The third kappa shape index (κ3) is 2.00. The van der Waals surface area contributed by atoms with E-state index in [0.717, 1.165) is 22.6 Å². The molecule has 0 saturated carbocycles. The van der Waals surface area contributed by atoms with Gasteiger partial charge in [0.25, 0.3) is 0 Å². The zero-order valence-corrected chi connectivity index (χ0v) is 11.6. The summed E-state index contributed by atoms with van der Waals surface area (Å²) >= 11 is 13.8. The van der Waals surface area contributed by atoms with Crippen molar-refractivity contribution in [3.63, 3.8) is 0 Å². The first kappa shape index (κ1) is 12.0. The molecule has 0 N–H and O–H groups in total. The highest BCUT2D eigenvalue weighted by Gasteiger charge is 2.13. The number of rotatable bonds is 3. The van der Waals surface area contributed by atoms with Crippen molar-refractivity contribution in [3.8, 4) is 0 Å². The van der Waals surface area contributed by atoms with Gasteiger partial charge in [-0.15, -0.1) is 22.9 Å². The first-order valence-electron chi connectivity index (χ1n) is 5.36. The van der Waals surface area contributed by atoms with Crippen LogP contribution in [0.15, 0.2) is 29.1 Å². The Morgan fingerprint density at radius 1 is 1.33 bits per heavy atom. The van der Waals surface area contributed by atoms with Crippen molar-refractivity contribution in [3.05, 3.63) is 45.6 Å². The van der Waals surface area contributed by atoms with Gasteiger partial charge in [0.05, 0.1) is 39.7 Å². The molecule has 0 fully saturated rings. The molecule has 0 bridgehead atoms. The summed E-state index contributed by atoms with van der Waals surface area (Å²) in [5.41, 5.74) is 4.60. The van der Waals surface area contributed by atoms with Gasteiger partial charge in [-0.2, -0.15) is 0 Å². The van der Waals surface area contributed by atoms with E-state index < -0.39 is 0 Å². The molecule has 0 aliphatic carbocycles. The van der Waals surface area contributed by atoms with E-state index in [2.05, 4.69) is 9.97 Å².